The van der Waals surface area contributed by atoms with Gasteiger partial charge in [-0.25, -0.2) is 9.67 Å². The van der Waals surface area contributed by atoms with Crippen molar-refractivity contribution in [3.8, 4) is 11.6 Å². The Morgan fingerprint density at radius 2 is 2.03 bits per heavy atom. The van der Waals surface area contributed by atoms with E-state index in [2.05, 4.69) is 25.7 Å². The van der Waals surface area contributed by atoms with Gasteiger partial charge in [-0.1, -0.05) is 6.07 Å². The van der Waals surface area contributed by atoms with E-state index >= 15 is 0 Å². The van der Waals surface area contributed by atoms with Crippen molar-refractivity contribution in [2.75, 3.05) is 18.5 Å². The fraction of sp³-hybridized carbons (Fsp3) is 0.455. The Morgan fingerprint density at radius 3 is 2.81 bits per heavy atom. The fourth-order valence-corrected chi connectivity index (χ4v) is 3.97. The highest BCUT2D eigenvalue weighted by molar-refractivity contribution is 5.86. The van der Waals surface area contributed by atoms with Gasteiger partial charge in [-0.05, 0) is 37.8 Å². The molecule has 164 valence electrons. The third-order valence-electron chi connectivity index (χ3n) is 5.46. The van der Waals surface area contributed by atoms with Gasteiger partial charge < -0.3 is 20.5 Å². The Morgan fingerprint density at radius 1 is 1.23 bits per heavy atom. The van der Waals surface area contributed by atoms with Gasteiger partial charge in [0.1, 0.15) is 5.75 Å². The minimum Gasteiger partial charge on any atom is -0.493 e. The van der Waals surface area contributed by atoms with Gasteiger partial charge in [0, 0.05) is 44.3 Å². The molecular weight excluding hydrogens is 396 g/mol. The molecule has 31 heavy (non-hydrogen) atoms. The number of aliphatic hydroxyl groups is 1. The monoisotopic (exact) mass is 424 g/mol. The third-order valence-corrected chi connectivity index (χ3v) is 5.46. The largest absolute Gasteiger partial charge is 0.493 e. The second-order valence-corrected chi connectivity index (χ2v) is 7.80. The SMILES string of the molecule is CC(=O)NC1CCC(Nc2nccc(-n3ncc4c(OCCCO)cccc43)n2)CC1. The molecule has 0 aliphatic heterocycles. The Kier molecular flexibility index (Phi) is 6.61. The first-order valence-electron chi connectivity index (χ1n) is 10.7. The normalized spacial score (nSPS) is 18.6. The summed E-state index contributed by atoms with van der Waals surface area (Å²) in [6.07, 6.45) is 7.87. The molecule has 2 aromatic heterocycles. The lowest BCUT2D eigenvalue weighted by Gasteiger charge is -2.29. The fourth-order valence-electron chi connectivity index (χ4n) is 3.97. The molecular formula is C22H28N6O3. The van der Waals surface area contributed by atoms with E-state index in [0.29, 0.717) is 24.8 Å². The van der Waals surface area contributed by atoms with Crippen LogP contribution in [0.25, 0.3) is 16.7 Å². The maximum absolute atomic E-state index is 11.2. The molecule has 0 spiro atoms. The summed E-state index contributed by atoms with van der Waals surface area (Å²) in [5.41, 5.74) is 0.891. The smallest absolute Gasteiger partial charge is 0.224 e. The van der Waals surface area contributed by atoms with Crippen molar-refractivity contribution in [2.45, 2.75) is 51.1 Å². The number of benzene rings is 1. The molecule has 0 atom stereocenters. The van der Waals surface area contributed by atoms with Crippen LogP contribution < -0.4 is 15.4 Å². The highest BCUT2D eigenvalue weighted by atomic mass is 16.5. The van der Waals surface area contributed by atoms with Crippen LogP contribution in [0.5, 0.6) is 5.75 Å². The van der Waals surface area contributed by atoms with E-state index in [0.717, 1.165) is 42.3 Å². The predicted octanol–water partition coefficient (Wildman–Crippen LogP) is 2.44. The summed E-state index contributed by atoms with van der Waals surface area (Å²) in [5.74, 6) is 2.01. The van der Waals surface area contributed by atoms with Gasteiger partial charge in [0.2, 0.25) is 11.9 Å². The number of fused-ring (bicyclic) bond motifs is 1. The highest BCUT2D eigenvalue weighted by Gasteiger charge is 2.22. The molecule has 0 radical (unpaired) electrons. The highest BCUT2D eigenvalue weighted by Crippen LogP contribution is 2.27. The first-order chi connectivity index (χ1) is 15.1. The van der Waals surface area contributed by atoms with Crippen molar-refractivity contribution >= 4 is 22.8 Å². The molecule has 0 bridgehead atoms. The number of anilines is 1. The molecule has 1 amide bonds. The van der Waals surface area contributed by atoms with Crippen LogP contribution in [0, 0.1) is 0 Å². The molecule has 1 saturated carbocycles. The maximum atomic E-state index is 11.2. The van der Waals surface area contributed by atoms with Crippen molar-refractivity contribution < 1.29 is 14.6 Å². The molecule has 1 aliphatic rings. The molecule has 1 aromatic carbocycles. The average Bonchev–Trinajstić information content (AvgIpc) is 3.20. The second kappa shape index (κ2) is 9.74. The molecule has 3 N–H and O–H groups in total. The zero-order chi connectivity index (χ0) is 21.6. The molecule has 9 heteroatoms. The lowest BCUT2D eigenvalue weighted by Crippen LogP contribution is -2.39. The number of carbonyl (C=O) groups excluding carboxylic acids is 1. The van der Waals surface area contributed by atoms with Crippen LogP contribution >= 0.6 is 0 Å². The van der Waals surface area contributed by atoms with E-state index < -0.39 is 0 Å². The van der Waals surface area contributed by atoms with Crippen LogP contribution in [0.15, 0.2) is 36.7 Å². The quantitative estimate of drug-likeness (QED) is 0.476. The van der Waals surface area contributed by atoms with Gasteiger partial charge >= 0.3 is 0 Å². The Bertz CT molecular complexity index is 1030. The number of hydrogen-bond acceptors (Lipinski definition) is 7. The molecule has 1 fully saturated rings. The molecule has 0 unspecified atom stereocenters. The molecule has 0 saturated heterocycles. The van der Waals surface area contributed by atoms with Gasteiger partial charge in [0.05, 0.1) is 23.7 Å². The van der Waals surface area contributed by atoms with Crippen molar-refractivity contribution in [1.82, 2.24) is 25.1 Å². The lowest BCUT2D eigenvalue weighted by molar-refractivity contribution is -0.119. The van der Waals surface area contributed by atoms with Gasteiger partial charge in [0.15, 0.2) is 5.82 Å². The number of amides is 1. The van der Waals surface area contributed by atoms with Gasteiger partial charge in [-0.2, -0.15) is 10.1 Å². The number of aromatic nitrogens is 4. The molecule has 9 nitrogen and oxygen atoms in total. The zero-order valence-corrected chi connectivity index (χ0v) is 17.6. The Hall–Kier alpha value is -3.20. The summed E-state index contributed by atoms with van der Waals surface area (Å²) in [6, 6.07) is 8.15. The number of carbonyl (C=O) groups is 1. The van der Waals surface area contributed by atoms with Crippen molar-refractivity contribution in [3.63, 3.8) is 0 Å². The first kappa shape index (κ1) is 21.0. The summed E-state index contributed by atoms with van der Waals surface area (Å²) in [5, 5.41) is 20.8. The molecule has 2 heterocycles. The van der Waals surface area contributed by atoms with E-state index in [1.807, 2.05) is 24.3 Å². The standard InChI is InChI=1S/C22H28N6O3/c1-15(30)25-16-6-8-17(9-7-16)26-22-23-11-10-21(27-22)28-19-4-2-5-20(18(19)14-24-28)31-13-3-12-29/h2,4-5,10-11,14,16-17,29H,3,6-9,12-13H2,1H3,(H,25,30)(H,23,26,27). The first-order valence-corrected chi connectivity index (χ1v) is 10.7. The summed E-state index contributed by atoms with van der Waals surface area (Å²) < 4.78 is 7.55. The lowest BCUT2D eigenvalue weighted by atomic mass is 9.91. The summed E-state index contributed by atoms with van der Waals surface area (Å²) in [7, 11) is 0. The van der Waals surface area contributed by atoms with Gasteiger partial charge in [-0.15, -0.1) is 0 Å². The van der Waals surface area contributed by atoms with E-state index in [4.69, 9.17) is 9.84 Å². The van der Waals surface area contributed by atoms with E-state index in [1.54, 1.807) is 24.0 Å². The number of hydrogen-bond donors (Lipinski definition) is 3. The van der Waals surface area contributed by atoms with Crippen LogP contribution in [0.3, 0.4) is 0 Å². The number of nitrogens with one attached hydrogen (secondary N) is 2. The van der Waals surface area contributed by atoms with Crippen LogP contribution in [0.2, 0.25) is 0 Å². The topological polar surface area (TPSA) is 114 Å². The molecule has 3 aromatic rings. The average molecular weight is 425 g/mol. The van der Waals surface area contributed by atoms with E-state index in [9.17, 15) is 4.79 Å². The summed E-state index contributed by atoms with van der Waals surface area (Å²) in [4.78, 5) is 20.3. The maximum Gasteiger partial charge on any atom is 0.224 e. The Labute approximate surface area is 180 Å². The molecule has 1 aliphatic carbocycles. The number of rotatable bonds is 8. The van der Waals surface area contributed by atoms with Crippen molar-refractivity contribution in [2.24, 2.45) is 0 Å². The van der Waals surface area contributed by atoms with Crippen molar-refractivity contribution in [1.29, 1.82) is 0 Å². The van der Waals surface area contributed by atoms with E-state index in [1.165, 1.54) is 0 Å². The summed E-state index contributed by atoms with van der Waals surface area (Å²) >= 11 is 0. The minimum atomic E-state index is 0.0286. The van der Waals surface area contributed by atoms with Crippen molar-refractivity contribution in [3.05, 3.63) is 36.7 Å². The number of nitrogens with zero attached hydrogens (tertiary/aromatic N) is 4. The van der Waals surface area contributed by atoms with Crippen LogP contribution in [0.4, 0.5) is 5.95 Å². The Balaban J connectivity index is 1.47. The summed E-state index contributed by atoms with van der Waals surface area (Å²) in [6.45, 7) is 2.11. The van der Waals surface area contributed by atoms with Crippen LogP contribution in [-0.4, -0.2) is 56.1 Å². The van der Waals surface area contributed by atoms with Gasteiger partial charge in [0.25, 0.3) is 0 Å². The van der Waals surface area contributed by atoms with E-state index in [-0.39, 0.29) is 24.6 Å². The third kappa shape index (κ3) is 5.11. The number of ether oxygens (including phenoxy) is 1. The van der Waals surface area contributed by atoms with Crippen LogP contribution in [0.1, 0.15) is 39.0 Å². The zero-order valence-electron chi connectivity index (χ0n) is 17.6. The second-order valence-electron chi connectivity index (χ2n) is 7.80. The van der Waals surface area contributed by atoms with Gasteiger partial charge in [-0.3, -0.25) is 4.79 Å². The predicted molar refractivity (Wildman–Crippen MR) is 117 cm³/mol. The minimum absolute atomic E-state index is 0.0286. The number of aliphatic hydroxyl groups excluding tert-OH is 1. The molecule has 4 rings (SSSR count). The van der Waals surface area contributed by atoms with Crippen LogP contribution in [-0.2, 0) is 4.79 Å².